The van der Waals surface area contributed by atoms with Crippen molar-refractivity contribution < 1.29 is 0 Å². The molecule has 0 radical (unpaired) electrons. The first-order valence-electron chi connectivity index (χ1n) is 5.10. The van der Waals surface area contributed by atoms with Crippen LogP contribution in [-0.2, 0) is 0 Å². The highest BCUT2D eigenvalue weighted by Crippen LogP contribution is 2.38. The topological polar surface area (TPSA) is 12.0 Å². The number of hydrogen-bond acceptors (Lipinski definition) is 2. The Labute approximate surface area is 140 Å². The lowest BCUT2D eigenvalue weighted by molar-refractivity contribution is 0.703. The minimum atomic E-state index is 0.142. The van der Waals surface area contributed by atoms with E-state index in [1.165, 1.54) is 4.88 Å². The van der Waals surface area contributed by atoms with Crippen LogP contribution in [0, 0.1) is 0 Å². The molecule has 2 aromatic rings. The van der Waals surface area contributed by atoms with Crippen molar-refractivity contribution in [1.29, 1.82) is 0 Å². The van der Waals surface area contributed by atoms with Gasteiger partial charge in [-0.15, -0.1) is 11.3 Å². The lowest BCUT2D eigenvalue weighted by atomic mass is 10.1. The molecule has 2 rings (SSSR count). The highest BCUT2D eigenvalue weighted by molar-refractivity contribution is 9.13. The Morgan fingerprint density at radius 3 is 2.39 bits per heavy atom. The Balaban J connectivity index is 2.41. The molecule has 18 heavy (non-hydrogen) atoms. The van der Waals surface area contributed by atoms with E-state index in [0.29, 0.717) is 0 Å². The highest BCUT2D eigenvalue weighted by atomic mass is 79.9. The minimum absolute atomic E-state index is 0.142. The van der Waals surface area contributed by atoms with Gasteiger partial charge in [-0.25, -0.2) is 0 Å². The molecular weight excluding hydrogens is 465 g/mol. The number of hydrogen-bond donors (Lipinski definition) is 1. The van der Waals surface area contributed by atoms with Crippen LogP contribution in [0.5, 0.6) is 0 Å². The summed E-state index contributed by atoms with van der Waals surface area (Å²) in [5.74, 6) is 0. The van der Waals surface area contributed by atoms with Crippen molar-refractivity contribution >= 4 is 70.7 Å². The molecule has 0 aliphatic carbocycles. The van der Waals surface area contributed by atoms with Crippen LogP contribution in [0.4, 0.5) is 0 Å². The number of halogens is 4. The summed E-state index contributed by atoms with van der Waals surface area (Å²) in [4.78, 5) is 1.23. The van der Waals surface area contributed by atoms with E-state index in [1.54, 1.807) is 11.3 Å². The van der Waals surface area contributed by atoms with Gasteiger partial charge in [-0.1, -0.05) is 17.7 Å². The van der Waals surface area contributed by atoms with Crippen LogP contribution in [0.25, 0.3) is 0 Å². The Morgan fingerprint density at radius 1 is 1.17 bits per heavy atom. The normalized spacial score (nSPS) is 12.7. The summed E-state index contributed by atoms with van der Waals surface area (Å²) in [7, 11) is 1.95. The van der Waals surface area contributed by atoms with Crippen molar-refractivity contribution in [3.63, 3.8) is 0 Å². The van der Waals surface area contributed by atoms with Crippen LogP contribution in [0.3, 0.4) is 0 Å². The predicted octanol–water partition coefficient (Wildman–Crippen LogP) is 6.00. The molecule has 1 heterocycles. The second kappa shape index (κ2) is 6.37. The lowest BCUT2D eigenvalue weighted by Gasteiger charge is -2.15. The molecule has 0 aliphatic rings. The van der Waals surface area contributed by atoms with Gasteiger partial charge in [-0.2, -0.15) is 0 Å². The molecular formula is C12H9Br3ClNS. The third-order valence-electron chi connectivity index (χ3n) is 2.51. The van der Waals surface area contributed by atoms with Gasteiger partial charge in [0, 0.05) is 13.8 Å². The maximum absolute atomic E-state index is 6.15. The molecule has 1 N–H and O–H groups in total. The van der Waals surface area contributed by atoms with Gasteiger partial charge in [0.15, 0.2) is 0 Å². The average Bonchev–Trinajstić information content (AvgIpc) is 2.65. The van der Waals surface area contributed by atoms with Crippen molar-refractivity contribution in [3.8, 4) is 0 Å². The fraction of sp³-hybridized carbons (Fsp3) is 0.167. The van der Waals surface area contributed by atoms with Crippen molar-refractivity contribution in [2.45, 2.75) is 6.04 Å². The number of thiophene rings is 1. The van der Waals surface area contributed by atoms with Gasteiger partial charge in [0.1, 0.15) is 0 Å². The van der Waals surface area contributed by atoms with E-state index in [1.807, 2.05) is 19.2 Å². The zero-order valence-electron chi connectivity index (χ0n) is 9.31. The van der Waals surface area contributed by atoms with Crippen LogP contribution in [0.1, 0.15) is 16.5 Å². The molecule has 1 nitrogen and oxygen atoms in total. The lowest BCUT2D eigenvalue weighted by Crippen LogP contribution is -2.16. The van der Waals surface area contributed by atoms with E-state index in [2.05, 4.69) is 65.2 Å². The highest BCUT2D eigenvalue weighted by Gasteiger charge is 2.17. The van der Waals surface area contributed by atoms with E-state index in [-0.39, 0.29) is 6.04 Å². The third-order valence-corrected chi connectivity index (χ3v) is 7.07. The molecule has 0 bridgehead atoms. The summed E-state index contributed by atoms with van der Waals surface area (Å²) in [5.41, 5.74) is 1.15. The summed E-state index contributed by atoms with van der Waals surface area (Å²) in [6, 6.07) is 8.28. The molecule has 0 aliphatic heterocycles. The summed E-state index contributed by atoms with van der Waals surface area (Å²) in [6.45, 7) is 0. The summed E-state index contributed by atoms with van der Waals surface area (Å²) >= 11 is 18.3. The maximum atomic E-state index is 6.15. The van der Waals surface area contributed by atoms with Gasteiger partial charge in [-0.05, 0) is 78.6 Å². The molecule has 0 amide bonds. The molecule has 96 valence electrons. The molecule has 6 heteroatoms. The van der Waals surface area contributed by atoms with Crippen molar-refractivity contribution in [2.75, 3.05) is 7.05 Å². The van der Waals surface area contributed by atoms with Gasteiger partial charge >= 0.3 is 0 Å². The fourth-order valence-electron chi connectivity index (χ4n) is 1.67. The zero-order valence-corrected chi connectivity index (χ0v) is 15.6. The smallest absolute Gasteiger partial charge is 0.0843 e. The maximum Gasteiger partial charge on any atom is 0.0843 e. The van der Waals surface area contributed by atoms with Gasteiger partial charge < -0.3 is 5.32 Å². The Morgan fingerprint density at radius 2 is 1.89 bits per heavy atom. The summed E-state index contributed by atoms with van der Waals surface area (Å²) in [6.07, 6.45) is 0. The van der Waals surface area contributed by atoms with Crippen molar-refractivity contribution in [1.82, 2.24) is 5.32 Å². The largest absolute Gasteiger partial charge is 0.309 e. The summed E-state index contributed by atoms with van der Waals surface area (Å²) < 4.78 is 3.09. The van der Waals surface area contributed by atoms with Crippen LogP contribution in [0.2, 0.25) is 5.02 Å². The standard InChI is InChI=1S/C12H9Br3ClNS/c1-17-11(10-5-8(14)12(15)18-10)6-2-3-7(13)9(16)4-6/h2-5,11,17H,1H3. The monoisotopic (exact) mass is 471 g/mol. The second-order valence-corrected chi connectivity index (χ2v) is 8.18. The SMILES string of the molecule is CNC(c1ccc(Br)c(Cl)c1)c1cc(Br)c(Br)s1. The van der Waals surface area contributed by atoms with Crippen LogP contribution >= 0.6 is 70.7 Å². The quantitative estimate of drug-likeness (QED) is 0.576. The predicted molar refractivity (Wildman–Crippen MR) is 89.8 cm³/mol. The van der Waals surface area contributed by atoms with E-state index in [4.69, 9.17) is 11.6 Å². The van der Waals surface area contributed by atoms with E-state index in [9.17, 15) is 0 Å². The number of rotatable bonds is 3. The van der Waals surface area contributed by atoms with E-state index < -0.39 is 0 Å². The van der Waals surface area contributed by atoms with Crippen molar-refractivity contribution in [2.24, 2.45) is 0 Å². The molecule has 1 aromatic carbocycles. The molecule has 0 saturated heterocycles. The fourth-order valence-corrected chi connectivity index (χ4v) is 4.33. The van der Waals surface area contributed by atoms with Gasteiger partial charge in [0.2, 0.25) is 0 Å². The first-order valence-corrected chi connectivity index (χ1v) is 8.67. The average molecular weight is 474 g/mol. The Bertz CT molecular complexity index is 551. The van der Waals surface area contributed by atoms with E-state index >= 15 is 0 Å². The molecule has 0 spiro atoms. The van der Waals surface area contributed by atoms with E-state index in [0.717, 1.165) is 23.3 Å². The van der Waals surface area contributed by atoms with Crippen LogP contribution in [-0.4, -0.2) is 7.05 Å². The molecule has 0 fully saturated rings. The second-order valence-electron chi connectivity index (χ2n) is 3.67. The number of nitrogens with one attached hydrogen (secondary N) is 1. The minimum Gasteiger partial charge on any atom is -0.309 e. The van der Waals surface area contributed by atoms with Crippen LogP contribution < -0.4 is 5.32 Å². The Hall–Kier alpha value is 0.610. The molecule has 1 aromatic heterocycles. The van der Waals surface area contributed by atoms with Crippen LogP contribution in [0.15, 0.2) is 37.0 Å². The number of benzene rings is 1. The van der Waals surface area contributed by atoms with Gasteiger partial charge in [0.25, 0.3) is 0 Å². The first kappa shape index (κ1) is 15.0. The molecule has 1 unspecified atom stereocenters. The molecule has 1 atom stereocenters. The van der Waals surface area contributed by atoms with Crippen molar-refractivity contribution in [3.05, 3.63) is 52.5 Å². The van der Waals surface area contributed by atoms with Gasteiger partial charge in [-0.3, -0.25) is 0 Å². The zero-order chi connectivity index (χ0) is 13.3. The first-order chi connectivity index (χ1) is 8.52. The summed E-state index contributed by atoms with van der Waals surface area (Å²) in [5, 5.41) is 4.04. The third kappa shape index (κ3) is 3.19. The van der Waals surface area contributed by atoms with Gasteiger partial charge in [0.05, 0.1) is 14.9 Å². The molecule has 0 saturated carbocycles. The Kier molecular flexibility index (Phi) is 5.31.